The monoisotopic (exact) mass is 450 g/mol. The molecule has 5 rings (SSSR count). The van der Waals surface area contributed by atoms with E-state index in [9.17, 15) is 0 Å². The molecule has 0 saturated heterocycles. The van der Waals surface area contributed by atoms with E-state index < -0.39 is 0 Å². The summed E-state index contributed by atoms with van der Waals surface area (Å²) >= 11 is 1.51. The number of hydrogen-bond acceptors (Lipinski definition) is 6. The first kappa shape index (κ1) is 21.0. The van der Waals surface area contributed by atoms with Crippen LogP contribution in [-0.4, -0.2) is 30.2 Å². The lowest BCUT2D eigenvalue weighted by atomic mass is 10.0. The van der Waals surface area contributed by atoms with Crippen LogP contribution in [0.1, 0.15) is 16.8 Å². The minimum absolute atomic E-state index is 0.613. The Bertz CT molecular complexity index is 1330. The highest BCUT2D eigenvalue weighted by Crippen LogP contribution is 2.30. The normalized spacial score (nSPS) is 10.9. The smallest absolute Gasteiger partial charge is 0.210 e. The largest absolute Gasteiger partial charge is 0.248 e. The minimum atomic E-state index is 0.613. The van der Waals surface area contributed by atoms with Crippen LogP contribution in [0.25, 0.3) is 22.5 Å². The Morgan fingerprint density at radius 2 is 1.39 bits per heavy atom. The van der Waals surface area contributed by atoms with Crippen LogP contribution in [0.3, 0.4) is 0 Å². The van der Waals surface area contributed by atoms with Gasteiger partial charge in [0.1, 0.15) is 11.4 Å². The first-order valence-electron chi connectivity index (χ1n) is 10.7. The van der Waals surface area contributed by atoms with Gasteiger partial charge in [0.15, 0.2) is 0 Å². The summed E-state index contributed by atoms with van der Waals surface area (Å²) in [6, 6.07) is 28.6. The molecule has 0 saturated carbocycles. The van der Waals surface area contributed by atoms with E-state index in [0.29, 0.717) is 17.5 Å². The van der Waals surface area contributed by atoms with Crippen molar-refractivity contribution in [1.29, 1.82) is 0 Å². The fourth-order valence-corrected chi connectivity index (χ4v) is 4.12. The lowest BCUT2D eigenvalue weighted by Gasteiger charge is -2.09. The highest BCUT2D eigenvalue weighted by atomic mass is 32.2. The molecule has 2 heterocycles. The summed E-state index contributed by atoms with van der Waals surface area (Å²) in [5.41, 5.74) is 6.92. The third kappa shape index (κ3) is 5.15. The molecule has 0 unspecified atom stereocenters. The standard InChI is InChI=1S/C26H22N6S/c1-19-12-14-20(15-13-19)16-32-17-23(28-31-32)18-33-26-27-24(21-8-4-2-5-9-21)25(29-30-26)22-10-6-3-7-11-22/h2-15,17H,16,18H2,1H3. The molecule has 0 aliphatic heterocycles. The fraction of sp³-hybridized carbons (Fsp3) is 0.115. The number of rotatable bonds is 7. The lowest BCUT2D eigenvalue weighted by Crippen LogP contribution is -2.00. The molecule has 0 spiro atoms. The van der Waals surface area contributed by atoms with Crippen LogP contribution in [0.5, 0.6) is 0 Å². The predicted octanol–water partition coefficient (Wildman–Crippen LogP) is 5.45. The maximum Gasteiger partial charge on any atom is 0.210 e. The average Bonchev–Trinajstić information content (AvgIpc) is 3.32. The molecule has 33 heavy (non-hydrogen) atoms. The molecule has 0 aliphatic rings. The summed E-state index contributed by atoms with van der Waals surface area (Å²) in [7, 11) is 0. The maximum absolute atomic E-state index is 4.85. The van der Waals surface area contributed by atoms with Crippen LogP contribution >= 0.6 is 11.8 Å². The van der Waals surface area contributed by atoms with E-state index in [0.717, 1.165) is 28.2 Å². The number of aryl methyl sites for hydroxylation is 1. The summed E-state index contributed by atoms with van der Waals surface area (Å²) in [6.45, 7) is 2.78. The summed E-state index contributed by atoms with van der Waals surface area (Å²) in [4.78, 5) is 4.85. The Hall–Kier alpha value is -3.84. The first-order valence-corrected chi connectivity index (χ1v) is 11.7. The zero-order valence-electron chi connectivity index (χ0n) is 18.2. The van der Waals surface area contributed by atoms with Gasteiger partial charge in [0.05, 0.1) is 12.2 Å². The van der Waals surface area contributed by atoms with E-state index in [1.807, 2.05) is 71.5 Å². The van der Waals surface area contributed by atoms with Crippen molar-refractivity contribution in [3.63, 3.8) is 0 Å². The number of aromatic nitrogens is 6. The van der Waals surface area contributed by atoms with E-state index in [1.54, 1.807) is 0 Å². The van der Waals surface area contributed by atoms with Crippen LogP contribution in [0, 0.1) is 6.92 Å². The predicted molar refractivity (Wildman–Crippen MR) is 131 cm³/mol. The van der Waals surface area contributed by atoms with Gasteiger partial charge < -0.3 is 0 Å². The summed E-state index contributed by atoms with van der Waals surface area (Å²) < 4.78 is 1.85. The molecule has 0 bridgehead atoms. The van der Waals surface area contributed by atoms with Crippen LogP contribution in [-0.2, 0) is 12.3 Å². The highest BCUT2D eigenvalue weighted by molar-refractivity contribution is 7.98. The van der Waals surface area contributed by atoms with Gasteiger partial charge in [-0.3, -0.25) is 0 Å². The SMILES string of the molecule is Cc1ccc(Cn2cc(CSc3nnc(-c4ccccc4)c(-c4ccccc4)n3)nn2)cc1. The molecule has 0 aliphatic carbocycles. The van der Waals surface area contributed by atoms with E-state index in [2.05, 4.69) is 51.7 Å². The Morgan fingerprint density at radius 1 is 0.727 bits per heavy atom. The molecule has 3 aromatic carbocycles. The minimum Gasteiger partial charge on any atom is -0.248 e. The molecule has 7 heteroatoms. The van der Waals surface area contributed by atoms with Gasteiger partial charge in [-0.05, 0) is 12.5 Å². The molecule has 0 N–H and O–H groups in total. The van der Waals surface area contributed by atoms with Crippen molar-refractivity contribution in [1.82, 2.24) is 30.2 Å². The fourth-order valence-electron chi connectivity index (χ4n) is 3.46. The summed E-state index contributed by atoms with van der Waals surface area (Å²) in [5, 5.41) is 18.1. The van der Waals surface area contributed by atoms with Gasteiger partial charge in [0.2, 0.25) is 5.16 Å². The van der Waals surface area contributed by atoms with E-state index in [-0.39, 0.29) is 0 Å². The van der Waals surface area contributed by atoms with Gasteiger partial charge in [-0.2, -0.15) is 0 Å². The van der Waals surface area contributed by atoms with Gasteiger partial charge in [-0.25, -0.2) is 9.67 Å². The molecule has 0 atom stereocenters. The van der Waals surface area contributed by atoms with Crippen LogP contribution in [0.2, 0.25) is 0 Å². The van der Waals surface area contributed by atoms with Crippen LogP contribution in [0.15, 0.2) is 96.3 Å². The molecule has 2 aromatic heterocycles. The van der Waals surface area contributed by atoms with Gasteiger partial charge in [-0.1, -0.05) is 107 Å². The summed E-state index contributed by atoms with van der Waals surface area (Å²) in [6.07, 6.45) is 1.97. The zero-order valence-corrected chi connectivity index (χ0v) is 19.0. The van der Waals surface area contributed by atoms with Crippen molar-refractivity contribution in [2.75, 3.05) is 0 Å². The molecule has 162 valence electrons. The lowest BCUT2D eigenvalue weighted by molar-refractivity contribution is 0.649. The van der Waals surface area contributed by atoms with Crippen molar-refractivity contribution in [3.05, 3.63) is 108 Å². The Morgan fingerprint density at radius 3 is 2.09 bits per heavy atom. The Balaban J connectivity index is 1.34. The molecule has 0 radical (unpaired) electrons. The topological polar surface area (TPSA) is 69.4 Å². The molecule has 0 fully saturated rings. The van der Waals surface area contributed by atoms with Crippen molar-refractivity contribution in [3.8, 4) is 22.5 Å². The zero-order chi connectivity index (χ0) is 22.5. The van der Waals surface area contributed by atoms with E-state index in [4.69, 9.17) is 4.98 Å². The maximum atomic E-state index is 4.85. The molecule has 5 aromatic rings. The Labute approximate surface area is 196 Å². The molecular formula is C26H22N6S. The van der Waals surface area contributed by atoms with E-state index >= 15 is 0 Å². The summed E-state index contributed by atoms with van der Waals surface area (Å²) in [5.74, 6) is 0.620. The quantitative estimate of drug-likeness (QED) is 0.307. The van der Waals surface area contributed by atoms with Gasteiger partial charge in [-0.15, -0.1) is 15.3 Å². The van der Waals surface area contributed by atoms with Crippen molar-refractivity contribution in [2.45, 2.75) is 24.4 Å². The Kier molecular flexibility index (Phi) is 6.21. The number of hydrogen-bond donors (Lipinski definition) is 0. The third-order valence-corrected chi connectivity index (χ3v) is 6.03. The van der Waals surface area contributed by atoms with Crippen molar-refractivity contribution in [2.24, 2.45) is 0 Å². The number of nitrogens with zero attached hydrogens (tertiary/aromatic N) is 6. The van der Waals surface area contributed by atoms with Gasteiger partial charge in [0.25, 0.3) is 0 Å². The highest BCUT2D eigenvalue weighted by Gasteiger charge is 2.14. The van der Waals surface area contributed by atoms with Crippen LogP contribution < -0.4 is 0 Å². The van der Waals surface area contributed by atoms with Crippen molar-refractivity contribution >= 4 is 11.8 Å². The van der Waals surface area contributed by atoms with Gasteiger partial charge >= 0.3 is 0 Å². The molecular weight excluding hydrogens is 428 g/mol. The second-order valence-corrected chi connectivity index (χ2v) is 8.65. The average molecular weight is 451 g/mol. The number of thioether (sulfide) groups is 1. The first-order chi connectivity index (χ1) is 16.2. The molecule has 6 nitrogen and oxygen atoms in total. The third-order valence-electron chi connectivity index (χ3n) is 5.16. The van der Waals surface area contributed by atoms with Crippen LogP contribution in [0.4, 0.5) is 0 Å². The second-order valence-electron chi connectivity index (χ2n) is 7.71. The second kappa shape index (κ2) is 9.75. The van der Waals surface area contributed by atoms with Crippen molar-refractivity contribution < 1.29 is 0 Å². The molecule has 0 amide bonds. The number of benzene rings is 3. The van der Waals surface area contributed by atoms with Gasteiger partial charge in [0, 0.05) is 23.1 Å². The van der Waals surface area contributed by atoms with E-state index in [1.165, 1.54) is 22.9 Å².